The molecule has 1 N–H and O–H groups in total. The first-order valence-corrected chi connectivity index (χ1v) is 9.94. The van der Waals surface area contributed by atoms with Crippen LogP contribution in [0.1, 0.15) is 49.9 Å². The second kappa shape index (κ2) is 9.25. The summed E-state index contributed by atoms with van der Waals surface area (Å²) >= 11 is 0. The molecule has 0 saturated heterocycles. The van der Waals surface area contributed by atoms with Gasteiger partial charge in [-0.2, -0.15) is 0 Å². The fraction of sp³-hybridized carbons (Fsp3) is 0.478. The van der Waals surface area contributed by atoms with Crippen molar-refractivity contribution in [3.05, 3.63) is 59.2 Å². The molecule has 1 aliphatic rings. The Morgan fingerprint density at radius 3 is 2.41 bits per heavy atom. The molecule has 0 aromatic heterocycles. The fourth-order valence-electron chi connectivity index (χ4n) is 3.17. The summed E-state index contributed by atoms with van der Waals surface area (Å²) in [6.07, 6.45) is 0.930. The van der Waals surface area contributed by atoms with Crippen molar-refractivity contribution in [2.45, 2.75) is 52.4 Å². The summed E-state index contributed by atoms with van der Waals surface area (Å²) in [7, 11) is 2.18. The zero-order chi connectivity index (χ0) is 19.2. The summed E-state index contributed by atoms with van der Waals surface area (Å²) in [5.41, 5.74) is 3.95. The Labute approximate surface area is 163 Å². The number of fused-ring (bicyclic) bond motifs is 1. The minimum absolute atomic E-state index is 0.234. The molecule has 146 valence electrons. The first-order valence-electron chi connectivity index (χ1n) is 9.94. The second-order valence-electron chi connectivity index (χ2n) is 7.64. The van der Waals surface area contributed by atoms with Gasteiger partial charge in [-0.15, -0.1) is 0 Å². The summed E-state index contributed by atoms with van der Waals surface area (Å²) in [5, 5.41) is 3.67. The highest BCUT2D eigenvalue weighted by Gasteiger charge is 2.14. The lowest BCUT2D eigenvalue weighted by molar-refractivity contribution is 0.265. The van der Waals surface area contributed by atoms with Gasteiger partial charge in [-0.3, -0.25) is 4.90 Å². The van der Waals surface area contributed by atoms with Gasteiger partial charge in [-0.05, 0) is 56.6 Å². The van der Waals surface area contributed by atoms with E-state index >= 15 is 0 Å². The number of benzene rings is 2. The van der Waals surface area contributed by atoms with E-state index in [-0.39, 0.29) is 6.04 Å². The first kappa shape index (κ1) is 19.7. The quantitative estimate of drug-likeness (QED) is 0.778. The van der Waals surface area contributed by atoms with Gasteiger partial charge < -0.3 is 14.8 Å². The molecule has 1 unspecified atom stereocenters. The lowest BCUT2D eigenvalue weighted by atomic mass is 10.0. The molecular weight excluding hydrogens is 336 g/mol. The number of nitrogens with one attached hydrogen (secondary N) is 1. The molecule has 4 nitrogen and oxygen atoms in total. The van der Waals surface area contributed by atoms with Crippen molar-refractivity contribution in [2.24, 2.45) is 0 Å². The second-order valence-corrected chi connectivity index (χ2v) is 7.64. The van der Waals surface area contributed by atoms with E-state index in [9.17, 15) is 0 Å². The molecule has 4 heteroatoms. The van der Waals surface area contributed by atoms with E-state index in [1.54, 1.807) is 0 Å². The minimum Gasteiger partial charge on any atom is -0.490 e. The van der Waals surface area contributed by atoms with Crippen LogP contribution in [-0.4, -0.2) is 31.2 Å². The molecule has 0 fully saturated rings. The van der Waals surface area contributed by atoms with Gasteiger partial charge in [-0.25, -0.2) is 0 Å². The van der Waals surface area contributed by atoms with Gasteiger partial charge in [-0.1, -0.05) is 30.3 Å². The van der Waals surface area contributed by atoms with Crippen LogP contribution >= 0.6 is 0 Å². The van der Waals surface area contributed by atoms with Gasteiger partial charge in [0.1, 0.15) is 0 Å². The fourth-order valence-corrected chi connectivity index (χ4v) is 3.17. The van der Waals surface area contributed by atoms with Gasteiger partial charge in [0.25, 0.3) is 0 Å². The molecule has 3 rings (SSSR count). The van der Waals surface area contributed by atoms with Crippen molar-refractivity contribution in [2.75, 3.05) is 20.3 Å². The third kappa shape index (κ3) is 5.24. The Kier molecular flexibility index (Phi) is 6.75. The molecule has 2 aromatic carbocycles. The molecule has 27 heavy (non-hydrogen) atoms. The van der Waals surface area contributed by atoms with Crippen molar-refractivity contribution >= 4 is 0 Å². The third-order valence-electron chi connectivity index (χ3n) is 5.29. The van der Waals surface area contributed by atoms with E-state index in [0.717, 1.165) is 44.2 Å². The molecular formula is C23H32N2O2. The smallest absolute Gasteiger partial charge is 0.161 e. The molecule has 0 bridgehead atoms. The third-order valence-corrected chi connectivity index (χ3v) is 5.29. The lowest BCUT2D eigenvalue weighted by Gasteiger charge is -2.23. The molecule has 0 aliphatic carbocycles. The van der Waals surface area contributed by atoms with E-state index in [4.69, 9.17) is 9.47 Å². The average Bonchev–Trinajstić information content (AvgIpc) is 2.91. The van der Waals surface area contributed by atoms with E-state index < -0.39 is 0 Å². The Morgan fingerprint density at radius 2 is 1.67 bits per heavy atom. The first-order chi connectivity index (χ1) is 13.0. The normalized spacial score (nSPS) is 15.0. The summed E-state index contributed by atoms with van der Waals surface area (Å²) in [6, 6.07) is 15.7. The van der Waals surface area contributed by atoms with Gasteiger partial charge in [0.15, 0.2) is 11.5 Å². The number of ether oxygens (including phenoxy) is 2. The minimum atomic E-state index is 0.234. The van der Waals surface area contributed by atoms with Crippen molar-refractivity contribution in [1.29, 1.82) is 0 Å². The van der Waals surface area contributed by atoms with Crippen LogP contribution in [0.25, 0.3) is 0 Å². The number of nitrogens with zero attached hydrogens (tertiary/aromatic N) is 1. The van der Waals surface area contributed by atoms with Crippen LogP contribution in [-0.2, 0) is 13.1 Å². The van der Waals surface area contributed by atoms with Crippen molar-refractivity contribution in [3.8, 4) is 11.5 Å². The van der Waals surface area contributed by atoms with Crippen LogP contribution in [0.4, 0.5) is 0 Å². The number of hydrogen-bond acceptors (Lipinski definition) is 4. The van der Waals surface area contributed by atoms with Crippen LogP contribution in [0.3, 0.4) is 0 Å². The molecule has 1 heterocycles. The van der Waals surface area contributed by atoms with Gasteiger partial charge in [0.2, 0.25) is 0 Å². The largest absolute Gasteiger partial charge is 0.490 e. The Hall–Kier alpha value is -2.04. The van der Waals surface area contributed by atoms with Crippen LogP contribution < -0.4 is 14.8 Å². The molecule has 1 aliphatic heterocycles. The van der Waals surface area contributed by atoms with Crippen LogP contribution in [0, 0.1) is 0 Å². The monoisotopic (exact) mass is 368 g/mol. The van der Waals surface area contributed by atoms with Gasteiger partial charge >= 0.3 is 0 Å². The topological polar surface area (TPSA) is 33.7 Å². The van der Waals surface area contributed by atoms with Crippen molar-refractivity contribution in [1.82, 2.24) is 10.2 Å². The van der Waals surface area contributed by atoms with Crippen LogP contribution in [0.5, 0.6) is 11.5 Å². The van der Waals surface area contributed by atoms with Gasteiger partial charge in [0.05, 0.1) is 13.2 Å². The Bertz CT molecular complexity index is 745. The Morgan fingerprint density at radius 1 is 0.963 bits per heavy atom. The molecule has 1 atom stereocenters. The molecule has 0 saturated carbocycles. The highest BCUT2D eigenvalue weighted by Crippen LogP contribution is 2.32. The van der Waals surface area contributed by atoms with Crippen molar-refractivity contribution in [3.63, 3.8) is 0 Å². The SMILES string of the molecule is CC(NCc1ccccc1CN(C)C(C)C)c1ccc2c(c1)OCCCO2. The average molecular weight is 369 g/mol. The standard InChI is InChI=1S/C23H32N2O2/c1-17(2)25(4)16-21-9-6-5-8-20(21)15-24-18(3)19-10-11-22-23(14-19)27-13-7-12-26-22/h5-6,8-11,14,17-18,24H,7,12-13,15-16H2,1-4H3. The maximum absolute atomic E-state index is 5.83. The van der Waals surface area contributed by atoms with Crippen LogP contribution in [0.2, 0.25) is 0 Å². The highest BCUT2D eigenvalue weighted by molar-refractivity contribution is 5.44. The van der Waals surface area contributed by atoms with Crippen molar-refractivity contribution < 1.29 is 9.47 Å². The van der Waals surface area contributed by atoms with Crippen LogP contribution in [0.15, 0.2) is 42.5 Å². The lowest BCUT2D eigenvalue weighted by Crippen LogP contribution is -2.27. The molecule has 0 amide bonds. The summed E-state index contributed by atoms with van der Waals surface area (Å²) in [6.45, 7) is 9.91. The summed E-state index contributed by atoms with van der Waals surface area (Å²) < 4.78 is 11.6. The maximum atomic E-state index is 5.83. The Balaban J connectivity index is 1.66. The number of rotatable bonds is 7. The van der Waals surface area contributed by atoms with E-state index in [0.29, 0.717) is 6.04 Å². The molecule has 2 aromatic rings. The summed E-state index contributed by atoms with van der Waals surface area (Å²) in [4.78, 5) is 2.37. The molecule has 0 radical (unpaired) electrons. The summed E-state index contributed by atoms with van der Waals surface area (Å²) in [5.74, 6) is 1.71. The molecule has 0 spiro atoms. The predicted octanol–water partition coefficient (Wildman–Crippen LogP) is 4.54. The maximum Gasteiger partial charge on any atom is 0.161 e. The van der Waals surface area contributed by atoms with E-state index in [1.807, 2.05) is 6.07 Å². The van der Waals surface area contributed by atoms with E-state index in [2.05, 4.69) is 74.4 Å². The highest BCUT2D eigenvalue weighted by atomic mass is 16.5. The van der Waals surface area contributed by atoms with E-state index in [1.165, 1.54) is 16.7 Å². The predicted molar refractivity (Wildman–Crippen MR) is 110 cm³/mol. The number of hydrogen-bond donors (Lipinski definition) is 1. The zero-order valence-corrected chi connectivity index (χ0v) is 17.0. The van der Waals surface area contributed by atoms with Gasteiger partial charge in [0, 0.05) is 31.6 Å². The zero-order valence-electron chi connectivity index (χ0n) is 17.0.